The van der Waals surface area contributed by atoms with Crippen molar-refractivity contribution < 1.29 is 0 Å². The molecule has 0 atom stereocenters. The van der Waals surface area contributed by atoms with Crippen molar-refractivity contribution in [3.8, 4) is 0 Å². The Balaban J connectivity index is 0.000000386. The van der Waals surface area contributed by atoms with E-state index in [1.807, 2.05) is 0 Å². The highest BCUT2D eigenvalue weighted by molar-refractivity contribution is 5.68. The highest BCUT2D eigenvalue weighted by atomic mass is 14.1. The van der Waals surface area contributed by atoms with E-state index >= 15 is 0 Å². The molecule has 0 fully saturated rings. The van der Waals surface area contributed by atoms with E-state index in [0.717, 1.165) is 0 Å². The number of allylic oxidation sites excluding steroid dienone is 4. The molecule has 1 aliphatic carbocycles. The second-order valence-corrected chi connectivity index (χ2v) is 4.23. The summed E-state index contributed by atoms with van der Waals surface area (Å²) in [7, 11) is 0. The molecular formula is C16H22. The molecule has 0 spiro atoms. The van der Waals surface area contributed by atoms with E-state index in [-0.39, 0.29) is 0 Å². The summed E-state index contributed by atoms with van der Waals surface area (Å²) < 4.78 is 0. The van der Waals surface area contributed by atoms with Crippen molar-refractivity contribution in [2.75, 3.05) is 0 Å². The lowest BCUT2D eigenvalue weighted by molar-refractivity contribution is 1.05. The molecule has 0 saturated heterocycles. The lowest BCUT2D eigenvalue weighted by Crippen LogP contribution is -1.87. The molecule has 1 aromatic carbocycles. The Kier molecular flexibility index (Phi) is 5.63. The number of hydrogen-bond acceptors (Lipinski definition) is 0. The maximum absolute atomic E-state index is 2.22. The van der Waals surface area contributed by atoms with Gasteiger partial charge in [0.15, 0.2) is 0 Å². The van der Waals surface area contributed by atoms with Crippen LogP contribution in [0.25, 0.3) is 5.57 Å². The second-order valence-electron chi connectivity index (χ2n) is 4.23. The van der Waals surface area contributed by atoms with Crippen LogP contribution >= 0.6 is 0 Å². The lowest BCUT2D eigenvalue weighted by atomic mass is 9.97. The van der Waals surface area contributed by atoms with Crippen LogP contribution in [0.4, 0.5) is 0 Å². The normalized spacial score (nSPS) is 13.8. The molecule has 0 radical (unpaired) electrons. The molecule has 0 N–H and O–H groups in total. The first-order valence-corrected chi connectivity index (χ1v) is 6.20. The third-order valence-electron chi connectivity index (χ3n) is 2.44. The van der Waals surface area contributed by atoms with Crippen molar-refractivity contribution in [3.63, 3.8) is 0 Å². The van der Waals surface area contributed by atoms with Gasteiger partial charge in [-0.05, 0) is 30.9 Å². The fraction of sp³-hybridized carbons (Fsp3) is 0.375. The van der Waals surface area contributed by atoms with Gasteiger partial charge in [0, 0.05) is 0 Å². The van der Waals surface area contributed by atoms with Crippen LogP contribution in [0, 0.1) is 6.92 Å². The molecule has 86 valence electrons. The zero-order chi connectivity index (χ0) is 11.8. The zero-order valence-corrected chi connectivity index (χ0v) is 10.7. The first-order valence-electron chi connectivity index (χ1n) is 6.20. The summed E-state index contributed by atoms with van der Waals surface area (Å²) in [5, 5.41) is 0. The Hall–Kier alpha value is -1.30. The molecule has 1 aromatic rings. The number of benzene rings is 1. The van der Waals surface area contributed by atoms with Gasteiger partial charge in [0.1, 0.15) is 0 Å². The maximum atomic E-state index is 2.22. The van der Waals surface area contributed by atoms with Gasteiger partial charge < -0.3 is 0 Å². The SMILES string of the molecule is CCC.Cc1ccc(C2=CC=CCC2)cc1. The van der Waals surface area contributed by atoms with Crippen molar-refractivity contribution in [2.24, 2.45) is 0 Å². The Morgan fingerprint density at radius 3 is 2.19 bits per heavy atom. The van der Waals surface area contributed by atoms with Gasteiger partial charge in [-0.2, -0.15) is 0 Å². The highest BCUT2D eigenvalue weighted by Gasteiger charge is 2.01. The average Bonchev–Trinajstić information content (AvgIpc) is 2.32. The van der Waals surface area contributed by atoms with Crippen molar-refractivity contribution in [1.29, 1.82) is 0 Å². The smallest absolute Gasteiger partial charge is 0.0224 e. The first-order chi connectivity index (χ1) is 7.77. The van der Waals surface area contributed by atoms with E-state index in [1.54, 1.807) is 0 Å². The Morgan fingerprint density at radius 1 is 1.06 bits per heavy atom. The summed E-state index contributed by atoms with van der Waals surface area (Å²) in [6, 6.07) is 8.77. The van der Waals surface area contributed by atoms with E-state index in [1.165, 1.54) is 36.0 Å². The monoisotopic (exact) mass is 214 g/mol. The van der Waals surface area contributed by atoms with Crippen LogP contribution < -0.4 is 0 Å². The summed E-state index contributed by atoms with van der Waals surface area (Å²) >= 11 is 0. The van der Waals surface area contributed by atoms with Gasteiger partial charge in [0.05, 0.1) is 0 Å². The average molecular weight is 214 g/mol. The maximum Gasteiger partial charge on any atom is -0.0224 e. The van der Waals surface area contributed by atoms with E-state index in [9.17, 15) is 0 Å². The molecular weight excluding hydrogens is 192 g/mol. The molecule has 0 aromatic heterocycles. The molecule has 0 heteroatoms. The van der Waals surface area contributed by atoms with Crippen LogP contribution in [0.1, 0.15) is 44.2 Å². The molecule has 0 heterocycles. The molecule has 0 unspecified atom stereocenters. The van der Waals surface area contributed by atoms with E-state index < -0.39 is 0 Å². The molecule has 0 saturated carbocycles. The Labute approximate surface area is 99.7 Å². The third kappa shape index (κ3) is 4.06. The second kappa shape index (κ2) is 7.05. The van der Waals surface area contributed by atoms with E-state index in [4.69, 9.17) is 0 Å². The van der Waals surface area contributed by atoms with Crippen LogP contribution in [0.3, 0.4) is 0 Å². The molecule has 2 rings (SSSR count). The topological polar surface area (TPSA) is 0 Å². The summed E-state index contributed by atoms with van der Waals surface area (Å²) in [5.41, 5.74) is 4.16. The van der Waals surface area contributed by atoms with Gasteiger partial charge in [-0.15, -0.1) is 0 Å². The van der Waals surface area contributed by atoms with Gasteiger partial charge >= 0.3 is 0 Å². The standard InChI is InChI=1S/C13H14.C3H8/c1-11-7-9-13(10-8-11)12-5-3-2-4-6-12;1-3-2/h2-3,5,7-10H,4,6H2,1H3;3H2,1-2H3. The molecule has 0 aliphatic heterocycles. The van der Waals surface area contributed by atoms with Crippen LogP contribution in [-0.2, 0) is 0 Å². The zero-order valence-electron chi connectivity index (χ0n) is 10.7. The largest absolute Gasteiger partial charge is 0.0842 e. The number of hydrogen-bond donors (Lipinski definition) is 0. The van der Waals surface area contributed by atoms with Crippen molar-refractivity contribution in [1.82, 2.24) is 0 Å². The lowest BCUT2D eigenvalue weighted by Gasteiger charge is -2.08. The minimum atomic E-state index is 1.18. The first kappa shape index (κ1) is 12.8. The fourth-order valence-electron chi connectivity index (χ4n) is 1.61. The minimum Gasteiger partial charge on any atom is -0.0842 e. The molecule has 16 heavy (non-hydrogen) atoms. The number of rotatable bonds is 1. The minimum absolute atomic E-state index is 1.18. The van der Waals surface area contributed by atoms with Crippen molar-refractivity contribution in [2.45, 2.75) is 40.0 Å². The highest BCUT2D eigenvalue weighted by Crippen LogP contribution is 2.23. The molecule has 0 bridgehead atoms. The third-order valence-corrected chi connectivity index (χ3v) is 2.44. The van der Waals surface area contributed by atoms with E-state index in [2.05, 4.69) is 63.3 Å². The quantitative estimate of drug-likeness (QED) is 0.607. The Morgan fingerprint density at radius 2 is 1.69 bits per heavy atom. The van der Waals surface area contributed by atoms with Crippen LogP contribution in [0.5, 0.6) is 0 Å². The van der Waals surface area contributed by atoms with Crippen LogP contribution in [-0.4, -0.2) is 0 Å². The van der Waals surface area contributed by atoms with Gasteiger partial charge in [-0.3, -0.25) is 0 Å². The van der Waals surface area contributed by atoms with Crippen LogP contribution in [0.2, 0.25) is 0 Å². The summed E-state index contributed by atoms with van der Waals surface area (Å²) in [6.07, 6.45) is 10.2. The predicted molar refractivity (Wildman–Crippen MR) is 73.5 cm³/mol. The van der Waals surface area contributed by atoms with Gasteiger partial charge in [0.2, 0.25) is 0 Å². The summed E-state index contributed by atoms with van der Waals surface area (Å²) in [5.74, 6) is 0. The fourth-order valence-corrected chi connectivity index (χ4v) is 1.61. The molecule has 1 aliphatic rings. The van der Waals surface area contributed by atoms with Crippen molar-refractivity contribution >= 4 is 5.57 Å². The summed E-state index contributed by atoms with van der Waals surface area (Å²) in [4.78, 5) is 0. The molecule has 0 nitrogen and oxygen atoms in total. The predicted octanol–water partition coefficient (Wildman–Crippen LogP) is 5.14. The van der Waals surface area contributed by atoms with E-state index in [0.29, 0.717) is 0 Å². The molecule has 0 amide bonds. The van der Waals surface area contributed by atoms with Gasteiger partial charge in [-0.25, -0.2) is 0 Å². The van der Waals surface area contributed by atoms with Gasteiger partial charge in [-0.1, -0.05) is 68.3 Å². The van der Waals surface area contributed by atoms with Crippen LogP contribution in [0.15, 0.2) is 42.5 Å². The number of aryl methyl sites for hydroxylation is 1. The Bertz CT molecular complexity index is 352. The van der Waals surface area contributed by atoms with Crippen molar-refractivity contribution in [3.05, 3.63) is 53.6 Å². The summed E-state index contributed by atoms with van der Waals surface area (Å²) in [6.45, 7) is 6.37. The van der Waals surface area contributed by atoms with Gasteiger partial charge in [0.25, 0.3) is 0 Å².